The van der Waals surface area contributed by atoms with Gasteiger partial charge in [-0.3, -0.25) is 0 Å². The lowest BCUT2D eigenvalue weighted by molar-refractivity contribution is -0.139. The van der Waals surface area contributed by atoms with Crippen LogP contribution in [0.25, 0.3) is 21.7 Å². The summed E-state index contributed by atoms with van der Waals surface area (Å²) in [5.74, 6) is 0.0951. The smallest absolute Gasteiger partial charge is 0.416 e. The monoisotopic (exact) mass is 605 g/mol. The average Bonchev–Trinajstić information content (AvgIpc) is 3.38. The highest BCUT2D eigenvalue weighted by molar-refractivity contribution is 7.98. The Hall–Kier alpha value is -4.08. The van der Waals surface area contributed by atoms with Crippen molar-refractivity contribution in [3.8, 4) is 27.4 Å². The van der Waals surface area contributed by atoms with E-state index in [4.69, 9.17) is 14.8 Å². The summed E-state index contributed by atoms with van der Waals surface area (Å²) in [5, 5.41) is 9.55. The van der Waals surface area contributed by atoms with Crippen LogP contribution in [-0.2, 0) is 23.1 Å². The number of carboxylic acid groups (broad SMARTS) is 1. The number of hydrogen-bond acceptors (Lipinski definition) is 5. The highest BCUT2D eigenvalue weighted by Gasteiger charge is 2.30. The molecule has 1 N–H and O–H groups in total. The molecule has 0 aliphatic heterocycles. The SMILES string of the molecule is Cc1cc(SCc2sc(-c3ccc(C(F)(F)F)cc3)nc2Cc2ccc(-c3ccccc3)cc2)ccc1OCC(=O)O. The predicted octanol–water partition coefficient (Wildman–Crippen LogP) is 9.15. The number of thiazole rings is 1. The van der Waals surface area contributed by atoms with E-state index in [9.17, 15) is 18.0 Å². The fourth-order valence-electron chi connectivity index (χ4n) is 4.36. The molecule has 0 aliphatic rings. The molecule has 1 aromatic heterocycles. The third kappa shape index (κ3) is 7.40. The summed E-state index contributed by atoms with van der Waals surface area (Å²) >= 11 is 3.09. The van der Waals surface area contributed by atoms with Crippen LogP contribution in [0.3, 0.4) is 0 Å². The summed E-state index contributed by atoms with van der Waals surface area (Å²) in [4.78, 5) is 17.7. The third-order valence-electron chi connectivity index (χ3n) is 6.54. The zero-order valence-corrected chi connectivity index (χ0v) is 24.2. The third-order valence-corrected chi connectivity index (χ3v) is 8.89. The molecule has 0 fully saturated rings. The Balaban J connectivity index is 1.39. The zero-order valence-electron chi connectivity index (χ0n) is 22.5. The fraction of sp³-hybridized carbons (Fsp3) is 0.152. The molecule has 0 bridgehead atoms. The second-order valence-corrected chi connectivity index (χ2v) is 11.7. The first-order chi connectivity index (χ1) is 20.2. The second kappa shape index (κ2) is 12.8. The van der Waals surface area contributed by atoms with Crippen molar-refractivity contribution in [1.82, 2.24) is 4.98 Å². The van der Waals surface area contributed by atoms with Crippen molar-refractivity contribution < 1.29 is 27.8 Å². The van der Waals surface area contributed by atoms with E-state index in [1.807, 2.05) is 37.3 Å². The standard InChI is InChI=1S/C33H26F3NO3S2/c1-21-17-27(15-16-29(21)40-19-31(38)39)41-20-30-28(18-22-7-9-24(10-8-22)23-5-3-2-4-6-23)37-32(42-30)25-11-13-26(14-12-25)33(34,35)36/h2-17H,18-20H2,1H3,(H,38,39). The lowest BCUT2D eigenvalue weighted by Crippen LogP contribution is -2.09. The van der Waals surface area contributed by atoms with Crippen molar-refractivity contribution in [2.45, 2.75) is 30.2 Å². The number of nitrogens with zero attached hydrogens (tertiary/aromatic N) is 1. The van der Waals surface area contributed by atoms with Crippen LogP contribution in [-0.4, -0.2) is 22.7 Å². The molecule has 0 saturated carbocycles. The molecule has 0 unspecified atom stereocenters. The summed E-state index contributed by atoms with van der Waals surface area (Å²) in [7, 11) is 0. The van der Waals surface area contributed by atoms with Crippen molar-refractivity contribution in [1.29, 1.82) is 0 Å². The first kappa shape index (κ1) is 29.4. The number of aromatic nitrogens is 1. The molecular formula is C33H26F3NO3S2. The van der Waals surface area contributed by atoms with E-state index >= 15 is 0 Å². The Kier molecular flexibility index (Phi) is 8.99. The van der Waals surface area contributed by atoms with E-state index in [1.54, 1.807) is 17.8 Å². The van der Waals surface area contributed by atoms with Gasteiger partial charge in [0.05, 0.1) is 11.3 Å². The number of carboxylic acids is 1. The fourth-order valence-corrected chi connectivity index (χ4v) is 6.54. The minimum absolute atomic E-state index is 0.406. The molecule has 214 valence electrons. The molecule has 1 heterocycles. The van der Waals surface area contributed by atoms with Gasteiger partial charge in [-0.25, -0.2) is 9.78 Å². The highest BCUT2D eigenvalue weighted by Crippen LogP contribution is 2.37. The van der Waals surface area contributed by atoms with Gasteiger partial charge in [0.15, 0.2) is 6.61 Å². The van der Waals surface area contributed by atoms with Crippen molar-refractivity contribution in [3.05, 3.63) is 124 Å². The van der Waals surface area contributed by atoms with E-state index in [0.29, 0.717) is 28.5 Å². The maximum atomic E-state index is 13.1. The molecule has 0 amide bonds. The minimum atomic E-state index is -4.40. The number of alkyl halides is 3. The summed E-state index contributed by atoms with van der Waals surface area (Å²) in [6.07, 6.45) is -3.81. The topological polar surface area (TPSA) is 59.4 Å². The van der Waals surface area contributed by atoms with E-state index in [-0.39, 0.29) is 0 Å². The molecule has 0 spiro atoms. The normalized spacial score (nSPS) is 11.4. The molecular weight excluding hydrogens is 579 g/mol. The Labute approximate surface area is 249 Å². The molecule has 9 heteroatoms. The number of halogens is 3. The number of benzene rings is 4. The van der Waals surface area contributed by atoms with Gasteiger partial charge in [0, 0.05) is 27.5 Å². The van der Waals surface area contributed by atoms with Crippen molar-refractivity contribution >= 4 is 29.1 Å². The maximum Gasteiger partial charge on any atom is 0.416 e. The van der Waals surface area contributed by atoms with E-state index < -0.39 is 24.3 Å². The Morgan fingerprint density at radius 3 is 2.21 bits per heavy atom. The minimum Gasteiger partial charge on any atom is -0.482 e. The van der Waals surface area contributed by atoms with Crippen LogP contribution < -0.4 is 4.74 Å². The first-order valence-corrected chi connectivity index (χ1v) is 14.8. The number of thioether (sulfide) groups is 1. The number of aryl methyl sites for hydroxylation is 1. The van der Waals surface area contributed by atoms with Crippen LogP contribution in [0.5, 0.6) is 5.75 Å². The first-order valence-electron chi connectivity index (χ1n) is 13.0. The number of ether oxygens (including phenoxy) is 1. The predicted molar refractivity (Wildman–Crippen MR) is 161 cm³/mol. The molecule has 4 aromatic carbocycles. The van der Waals surface area contributed by atoms with Gasteiger partial charge in [0.1, 0.15) is 10.8 Å². The van der Waals surface area contributed by atoms with Crippen LogP contribution in [0.2, 0.25) is 0 Å². The van der Waals surface area contributed by atoms with Gasteiger partial charge in [-0.2, -0.15) is 13.2 Å². The van der Waals surface area contributed by atoms with Crippen LogP contribution in [0, 0.1) is 6.92 Å². The molecule has 0 radical (unpaired) electrons. The van der Waals surface area contributed by atoms with E-state index in [1.165, 1.54) is 23.5 Å². The molecule has 0 saturated heterocycles. The van der Waals surface area contributed by atoms with Crippen LogP contribution in [0.1, 0.15) is 27.3 Å². The van der Waals surface area contributed by atoms with Gasteiger partial charge in [-0.05, 0) is 59.5 Å². The summed E-state index contributed by atoms with van der Waals surface area (Å²) in [5.41, 5.74) is 4.99. The largest absolute Gasteiger partial charge is 0.482 e. The van der Waals surface area contributed by atoms with Gasteiger partial charge >= 0.3 is 12.1 Å². The van der Waals surface area contributed by atoms with Gasteiger partial charge in [-0.15, -0.1) is 23.1 Å². The lowest BCUT2D eigenvalue weighted by Gasteiger charge is -2.09. The number of hydrogen-bond donors (Lipinski definition) is 1. The average molecular weight is 606 g/mol. The molecule has 42 heavy (non-hydrogen) atoms. The van der Waals surface area contributed by atoms with Crippen LogP contribution in [0.15, 0.2) is 102 Å². The Morgan fingerprint density at radius 1 is 0.905 bits per heavy atom. The van der Waals surface area contributed by atoms with Crippen LogP contribution in [0.4, 0.5) is 13.2 Å². The second-order valence-electron chi connectivity index (χ2n) is 9.60. The molecule has 4 nitrogen and oxygen atoms in total. The van der Waals surface area contributed by atoms with Crippen molar-refractivity contribution in [2.24, 2.45) is 0 Å². The Bertz CT molecular complexity index is 1670. The van der Waals surface area contributed by atoms with E-state index in [2.05, 4.69) is 36.4 Å². The van der Waals surface area contributed by atoms with Gasteiger partial charge in [0.2, 0.25) is 0 Å². The number of carbonyl (C=O) groups is 1. The van der Waals surface area contributed by atoms with Gasteiger partial charge in [-0.1, -0.05) is 66.7 Å². The molecule has 5 aromatic rings. The maximum absolute atomic E-state index is 13.1. The quantitative estimate of drug-likeness (QED) is 0.161. The molecule has 0 atom stereocenters. The summed E-state index contributed by atoms with van der Waals surface area (Å²) < 4.78 is 44.7. The highest BCUT2D eigenvalue weighted by atomic mass is 32.2. The Morgan fingerprint density at radius 2 is 1.57 bits per heavy atom. The van der Waals surface area contributed by atoms with Gasteiger partial charge in [0.25, 0.3) is 0 Å². The van der Waals surface area contributed by atoms with Crippen molar-refractivity contribution in [2.75, 3.05) is 6.61 Å². The number of rotatable bonds is 10. The number of aliphatic carboxylic acids is 1. The summed E-state index contributed by atoms with van der Waals surface area (Å²) in [6, 6.07) is 29.1. The lowest BCUT2D eigenvalue weighted by atomic mass is 10.0. The van der Waals surface area contributed by atoms with Crippen molar-refractivity contribution in [3.63, 3.8) is 0 Å². The van der Waals surface area contributed by atoms with Crippen LogP contribution >= 0.6 is 23.1 Å². The molecule has 5 rings (SSSR count). The zero-order chi connectivity index (χ0) is 29.7. The summed E-state index contributed by atoms with van der Waals surface area (Å²) in [6.45, 7) is 1.46. The van der Waals surface area contributed by atoms with Gasteiger partial charge < -0.3 is 9.84 Å². The van der Waals surface area contributed by atoms with E-state index in [0.717, 1.165) is 49.9 Å². The molecule has 0 aliphatic carbocycles.